The fourth-order valence-corrected chi connectivity index (χ4v) is 3.30. The van der Waals surface area contributed by atoms with Gasteiger partial charge >= 0.3 is 5.97 Å². The standard InChI is InChI=1S/C19H25N3O3S/c1-6-25-18(24)10-22(5)9-17(23)21-19-20-16(11-26-19)15-8-13(3)12(2)7-14(15)4/h7-8,11H,6,9-10H2,1-5H3,(H,20,21,23). The molecule has 1 aromatic heterocycles. The summed E-state index contributed by atoms with van der Waals surface area (Å²) in [5.41, 5.74) is 5.55. The van der Waals surface area contributed by atoms with Crippen LogP contribution in [0.3, 0.4) is 0 Å². The normalized spacial score (nSPS) is 10.8. The Bertz CT molecular complexity index is 801. The molecule has 0 atom stereocenters. The first-order valence-electron chi connectivity index (χ1n) is 8.48. The summed E-state index contributed by atoms with van der Waals surface area (Å²) < 4.78 is 4.87. The molecule has 26 heavy (non-hydrogen) atoms. The number of nitrogens with one attached hydrogen (secondary N) is 1. The summed E-state index contributed by atoms with van der Waals surface area (Å²) in [6.45, 7) is 8.48. The van der Waals surface area contributed by atoms with Gasteiger partial charge in [0.15, 0.2) is 5.13 Å². The Morgan fingerprint density at radius 3 is 2.54 bits per heavy atom. The van der Waals surface area contributed by atoms with Gasteiger partial charge < -0.3 is 10.1 Å². The van der Waals surface area contributed by atoms with Crippen molar-refractivity contribution in [1.82, 2.24) is 9.88 Å². The van der Waals surface area contributed by atoms with Crippen molar-refractivity contribution in [3.8, 4) is 11.3 Å². The lowest BCUT2D eigenvalue weighted by atomic mass is 9.99. The van der Waals surface area contributed by atoms with E-state index in [4.69, 9.17) is 4.74 Å². The van der Waals surface area contributed by atoms with Gasteiger partial charge in [-0.25, -0.2) is 4.98 Å². The number of carbonyl (C=O) groups is 2. The number of carbonyl (C=O) groups excluding carboxylic acids is 2. The van der Waals surface area contributed by atoms with Gasteiger partial charge in [0.25, 0.3) is 0 Å². The number of rotatable bonds is 7. The molecule has 0 bridgehead atoms. The molecule has 1 N–H and O–H groups in total. The average molecular weight is 375 g/mol. The molecule has 2 rings (SSSR count). The topological polar surface area (TPSA) is 71.5 Å². The third kappa shape index (κ3) is 5.37. The van der Waals surface area contributed by atoms with E-state index in [0.717, 1.165) is 16.8 Å². The summed E-state index contributed by atoms with van der Waals surface area (Å²) >= 11 is 1.39. The number of hydrogen-bond acceptors (Lipinski definition) is 6. The van der Waals surface area contributed by atoms with Crippen molar-refractivity contribution in [2.45, 2.75) is 27.7 Å². The van der Waals surface area contributed by atoms with Gasteiger partial charge in [-0.05, 0) is 57.5 Å². The van der Waals surface area contributed by atoms with Gasteiger partial charge in [-0.3, -0.25) is 14.5 Å². The number of likely N-dealkylation sites (N-methyl/N-ethyl adjacent to an activating group) is 1. The Hall–Kier alpha value is -2.25. The number of amides is 1. The SMILES string of the molecule is CCOC(=O)CN(C)CC(=O)Nc1nc(-c2cc(C)c(C)cc2C)cs1. The van der Waals surface area contributed by atoms with Crippen LogP contribution in [0.2, 0.25) is 0 Å². The predicted octanol–water partition coefficient (Wildman–Crippen LogP) is 3.17. The minimum absolute atomic E-state index is 0.0756. The highest BCUT2D eigenvalue weighted by Gasteiger charge is 2.14. The number of thiazole rings is 1. The molecule has 2 aromatic rings. The summed E-state index contributed by atoms with van der Waals surface area (Å²) in [6, 6.07) is 4.27. The Balaban J connectivity index is 1.99. The number of anilines is 1. The summed E-state index contributed by atoms with van der Waals surface area (Å²) in [4.78, 5) is 29.7. The van der Waals surface area contributed by atoms with Crippen molar-refractivity contribution in [3.05, 3.63) is 34.2 Å². The fraction of sp³-hybridized carbons (Fsp3) is 0.421. The van der Waals surface area contributed by atoms with Crippen molar-refractivity contribution in [2.24, 2.45) is 0 Å². The number of ether oxygens (including phenoxy) is 1. The van der Waals surface area contributed by atoms with E-state index in [-0.39, 0.29) is 25.0 Å². The fourth-order valence-electron chi connectivity index (χ4n) is 2.58. The van der Waals surface area contributed by atoms with Gasteiger partial charge in [0.1, 0.15) is 0 Å². The first kappa shape index (κ1) is 20.1. The zero-order chi connectivity index (χ0) is 19.3. The minimum atomic E-state index is -0.343. The summed E-state index contributed by atoms with van der Waals surface area (Å²) in [7, 11) is 1.70. The Morgan fingerprint density at radius 1 is 1.15 bits per heavy atom. The monoisotopic (exact) mass is 375 g/mol. The van der Waals surface area contributed by atoms with Crippen LogP contribution in [0.5, 0.6) is 0 Å². The van der Waals surface area contributed by atoms with Gasteiger partial charge in [0, 0.05) is 10.9 Å². The Morgan fingerprint density at radius 2 is 1.85 bits per heavy atom. The molecule has 1 heterocycles. The van der Waals surface area contributed by atoms with Crippen LogP contribution >= 0.6 is 11.3 Å². The smallest absolute Gasteiger partial charge is 0.320 e. The maximum absolute atomic E-state index is 12.1. The van der Waals surface area contributed by atoms with E-state index in [1.165, 1.54) is 22.5 Å². The van der Waals surface area contributed by atoms with Crippen LogP contribution in [0.25, 0.3) is 11.3 Å². The molecule has 1 amide bonds. The van der Waals surface area contributed by atoms with E-state index in [1.54, 1.807) is 18.9 Å². The molecule has 0 aliphatic rings. The average Bonchev–Trinajstić information content (AvgIpc) is 2.98. The first-order valence-corrected chi connectivity index (χ1v) is 9.35. The quantitative estimate of drug-likeness (QED) is 0.753. The largest absolute Gasteiger partial charge is 0.465 e. The van der Waals surface area contributed by atoms with Gasteiger partial charge in [-0.2, -0.15) is 0 Å². The zero-order valence-corrected chi connectivity index (χ0v) is 16.7. The molecule has 0 unspecified atom stereocenters. The molecular weight excluding hydrogens is 350 g/mol. The molecule has 1 aromatic carbocycles. The highest BCUT2D eigenvalue weighted by atomic mass is 32.1. The number of benzene rings is 1. The van der Waals surface area contributed by atoms with Crippen LogP contribution in [-0.4, -0.2) is 48.5 Å². The lowest BCUT2D eigenvalue weighted by Gasteiger charge is -2.14. The highest BCUT2D eigenvalue weighted by Crippen LogP contribution is 2.29. The van der Waals surface area contributed by atoms with E-state index >= 15 is 0 Å². The van der Waals surface area contributed by atoms with Gasteiger partial charge in [-0.1, -0.05) is 6.07 Å². The van der Waals surface area contributed by atoms with Gasteiger partial charge in [-0.15, -0.1) is 11.3 Å². The lowest BCUT2D eigenvalue weighted by molar-refractivity contribution is -0.144. The number of aromatic nitrogens is 1. The van der Waals surface area contributed by atoms with Gasteiger partial charge in [0.05, 0.1) is 25.4 Å². The second-order valence-corrected chi connectivity index (χ2v) is 7.17. The van der Waals surface area contributed by atoms with Crippen LogP contribution in [0.15, 0.2) is 17.5 Å². The molecule has 0 saturated carbocycles. The van der Waals surface area contributed by atoms with E-state index < -0.39 is 0 Å². The summed E-state index contributed by atoms with van der Waals surface area (Å²) in [5.74, 6) is -0.556. The molecule has 0 aliphatic heterocycles. The van der Waals surface area contributed by atoms with Gasteiger partial charge in [0.2, 0.25) is 5.91 Å². The summed E-state index contributed by atoms with van der Waals surface area (Å²) in [6.07, 6.45) is 0. The minimum Gasteiger partial charge on any atom is -0.465 e. The second kappa shape index (κ2) is 8.91. The first-order chi connectivity index (χ1) is 12.3. The molecule has 140 valence electrons. The van der Waals surface area contributed by atoms with E-state index in [9.17, 15) is 9.59 Å². The van der Waals surface area contributed by atoms with Crippen molar-refractivity contribution < 1.29 is 14.3 Å². The van der Waals surface area contributed by atoms with Crippen LogP contribution in [0.4, 0.5) is 5.13 Å². The lowest BCUT2D eigenvalue weighted by Crippen LogP contribution is -2.34. The maximum atomic E-state index is 12.1. The Kier molecular flexibility index (Phi) is 6.88. The molecule has 0 saturated heterocycles. The van der Waals surface area contributed by atoms with Crippen LogP contribution in [0.1, 0.15) is 23.6 Å². The van der Waals surface area contributed by atoms with E-state index in [0.29, 0.717) is 11.7 Å². The second-order valence-electron chi connectivity index (χ2n) is 6.31. The molecule has 0 fully saturated rings. The van der Waals surface area contributed by atoms with Crippen molar-refractivity contribution in [1.29, 1.82) is 0 Å². The predicted molar refractivity (Wildman–Crippen MR) is 105 cm³/mol. The molecule has 0 radical (unpaired) electrons. The van der Waals surface area contributed by atoms with Crippen LogP contribution < -0.4 is 5.32 Å². The summed E-state index contributed by atoms with van der Waals surface area (Å²) in [5, 5.41) is 5.28. The maximum Gasteiger partial charge on any atom is 0.320 e. The number of esters is 1. The van der Waals surface area contributed by atoms with E-state index in [1.807, 2.05) is 5.38 Å². The molecule has 0 aliphatic carbocycles. The van der Waals surface area contributed by atoms with Crippen molar-refractivity contribution in [2.75, 3.05) is 32.1 Å². The van der Waals surface area contributed by atoms with Crippen LogP contribution in [-0.2, 0) is 14.3 Å². The zero-order valence-electron chi connectivity index (χ0n) is 15.9. The molecule has 6 nitrogen and oxygen atoms in total. The molecule has 0 spiro atoms. The van der Waals surface area contributed by atoms with Crippen molar-refractivity contribution >= 4 is 28.3 Å². The van der Waals surface area contributed by atoms with Crippen LogP contribution in [0, 0.1) is 20.8 Å². The van der Waals surface area contributed by atoms with Crippen molar-refractivity contribution in [3.63, 3.8) is 0 Å². The molecular formula is C19H25N3O3S. The number of nitrogens with zero attached hydrogens (tertiary/aromatic N) is 2. The van der Waals surface area contributed by atoms with E-state index in [2.05, 4.69) is 43.2 Å². The Labute approximate surface area is 158 Å². The third-order valence-corrected chi connectivity index (χ3v) is 4.74. The third-order valence-electron chi connectivity index (χ3n) is 3.99. The molecule has 7 heteroatoms. The number of hydrogen-bond donors (Lipinski definition) is 1. The number of aryl methyl sites for hydroxylation is 3. The highest BCUT2D eigenvalue weighted by molar-refractivity contribution is 7.14.